The molecule has 0 aliphatic carbocycles. The molecular weight excluding hydrogens is 552 g/mol. The molecule has 0 spiro atoms. The molecule has 42 heavy (non-hydrogen) atoms. The number of nitrogens with one attached hydrogen (secondary N) is 1. The summed E-state index contributed by atoms with van der Waals surface area (Å²) in [5.41, 5.74) is 4.35. The molecule has 1 N–H and O–H groups in total. The first-order valence-electron chi connectivity index (χ1n) is 12.8. The molecule has 0 fully saturated rings. The molecule has 0 radical (unpaired) electrons. The zero-order valence-corrected chi connectivity index (χ0v) is 22.8. The molecule has 5 aromatic rings. The summed E-state index contributed by atoms with van der Waals surface area (Å²) in [6.07, 6.45) is 4.12. The average Bonchev–Trinajstić information content (AvgIpc) is 3.01. The van der Waals surface area contributed by atoms with E-state index < -0.39 is 11.9 Å². The van der Waals surface area contributed by atoms with Crippen molar-refractivity contribution >= 4 is 52.5 Å². The van der Waals surface area contributed by atoms with Crippen LogP contribution in [-0.2, 0) is 4.79 Å². The molecule has 0 saturated carbocycles. The van der Waals surface area contributed by atoms with E-state index in [1.165, 1.54) is 18.4 Å². The van der Waals surface area contributed by atoms with Crippen LogP contribution in [0.15, 0.2) is 126 Å². The van der Waals surface area contributed by atoms with Crippen molar-refractivity contribution in [2.24, 2.45) is 5.10 Å². The maximum absolute atomic E-state index is 12.8. The Morgan fingerprint density at radius 3 is 2.12 bits per heavy atom. The Labute approximate surface area is 246 Å². The first kappa shape index (κ1) is 28.0. The monoisotopic (exact) mass is 574 g/mol. The normalized spacial score (nSPS) is 11.1. The number of rotatable bonds is 8. The topological polar surface area (TPSA) is 94.1 Å². The van der Waals surface area contributed by atoms with Crippen LogP contribution in [0, 0.1) is 0 Å². The molecule has 0 saturated heterocycles. The second kappa shape index (κ2) is 13.2. The standard InChI is InChI=1S/C34H23ClN2O5/c35-27-19-16-25(17-20-27)34(40)42-30-14-5-2-9-24(30)18-21-32(38)41-31-15-6-3-10-26(31)22-36-37-33(39)29-13-7-11-23-8-1-4-12-28(23)29/h1-22H,(H,37,39)/b21-18+,36-22+. The lowest BCUT2D eigenvalue weighted by Crippen LogP contribution is -2.18. The lowest BCUT2D eigenvalue weighted by atomic mass is 10.0. The first-order valence-corrected chi connectivity index (χ1v) is 13.2. The van der Waals surface area contributed by atoms with Gasteiger partial charge in [0.05, 0.1) is 11.8 Å². The van der Waals surface area contributed by atoms with Gasteiger partial charge in [0.1, 0.15) is 11.5 Å². The molecule has 1 amide bonds. The fourth-order valence-corrected chi connectivity index (χ4v) is 4.21. The van der Waals surface area contributed by atoms with E-state index in [1.54, 1.807) is 78.9 Å². The van der Waals surface area contributed by atoms with E-state index in [0.29, 0.717) is 27.3 Å². The van der Waals surface area contributed by atoms with Gasteiger partial charge in [-0.1, -0.05) is 78.3 Å². The van der Waals surface area contributed by atoms with E-state index in [-0.39, 0.29) is 17.4 Å². The number of halogens is 1. The molecule has 0 atom stereocenters. The summed E-state index contributed by atoms with van der Waals surface area (Å²) in [5, 5.41) is 6.33. The summed E-state index contributed by atoms with van der Waals surface area (Å²) in [5.74, 6) is -1.06. The third-order valence-electron chi connectivity index (χ3n) is 6.13. The highest BCUT2D eigenvalue weighted by Gasteiger charge is 2.12. The molecule has 0 bridgehead atoms. The van der Waals surface area contributed by atoms with Gasteiger partial charge in [-0.25, -0.2) is 15.0 Å². The van der Waals surface area contributed by atoms with Crippen LogP contribution in [0.25, 0.3) is 16.8 Å². The molecule has 0 aromatic heterocycles. The number of para-hydroxylation sites is 2. The van der Waals surface area contributed by atoms with E-state index in [1.807, 2.05) is 36.4 Å². The Bertz CT molecular complexity index is 1820. The lowest BCUT2D eigenvalue weighted by molar-refractivity contribution is -0.128. The maximum Gasteiger partial charge on any atom is 0.343 e. The highest BCUT2D eigenvalue weighted by Crippen LogP contribution is 2.23. The van der Waals surface area contributed by atoms with Gasteiger partial charge in [-0.15, -0.1) is 0 Å². The number of amides is 1. The SMILES string of the molecule is O=C(/C=C/c1ccccc1OC(=O)c1ccc(Cl)cc1)Oc1ccccc1/C=N/NC(=O)c1cccc2ccccc12. The van der Waals surface area contributed by atoms with Crippen LogP contribution in [0.3, 0.4) is 0 Å². The summed E-state index contributed by atoms with van der Waals surface area (Å²) >= 11 is 5.89. The number of esters is 2. The van der Waals surface area contributed by atoms with Crippen molar-refractivity contribution in [2.75, 3.05) is 0 Å². The molecule has 8 heteroatoms. The van der Waals surface area contributed by atoms with E-state index in [9.17, 15) is 14.4 Å². The van der Waals surface area contributed by atoms with Crippen molar-refractivity contribution in [2.45, 2.75) is 0 Å². The Kier molecular flexibility index (Phi) is 8.82. The fourth-order valence-electron chi connectivity index (χ4n) is 4.08. The second-order valence-electron chi connectivity index (χ2n) is 8.95. The largest absolute Gasteiger partial charge is 0.423 e. The smallest absolute Gasteiger partial charge is 0.343 e. The number of hydrazone groups is 1. The van der Waals surface area contributed by atoms with Crippen molar-refractivity contribution in [3.05, 3.63) is 149 Å². The molecule has 5 aromatic carbocycles. The van der Waals surface area contributed by atoms with Gasteiger partial charge in [0, 0.05) is 27.8 Å². The van der Waals surface area contributed by atoms with Crippen LogP contribution < -0.4 is 14.9 Å². The van der Waals surface area contributed by atoms with Crippen LogP contribution in [0.5, 0.6) is 11.5 Å². The number of benzene rings is 5. The van der Waals surface area contributed by atoms with Crippen LogP contribution in [0.1, 0.15) is 31.8 Å². The van der Waals surface area contributed by atoms with Gasteiger partial charge in [-0.2, -0.15) is 5.10 Å². The van der Waals surface area contributed by atoms with Crippen molar-refractivity contribution in [3.8, 4) is 11.5 Å². The van der Waals surface area contributed by atoms with Crippen molar-refractivity contribution in [1.29, 1.82) is 0 Å². The van der Waals surface area contributed by atoms with Crippen LogP contribution in [-0.4, -0.2) is 24.1 Å². The van der Waals surface area contributed by atoms with Gasteiger partial charge in [0.25, 0.3) is 5.91 Å². The number of carbonyl (C=O) groups excluding carboxylic acids is 3. The summed E-state index contributed by atoms with van der Waals surface area (Å²) in [6, 6.07) is 33.0. The van der Waals surface area contributed by atoms with Gasteiger partial charge in [0.2, 0.25) is 0 Å². The van der Waals surface area contributed by atoms with E-state index >= 15 is 0 Å². The zero-order valence-electron chi connectivity index (χ0n) is 22.1. The molecule has 206 valence electrons. The summed E-state index contributed by atoms with van der Waals surface area (Å²) < 4.78 is 11.0. The minimum absolute atomic E-state index is 0.248. The predicted octanol–water partition coefficient (Wildman–Crippen LogP) is 7.10. The highest BCUT2D eigenvalue weighted by molar-refractivity contribution is 6.30. The highest BCUT2D eigenvalue weighted by atomic mass is 35.5. The summed E-state index contributed by atoms with van der Waals surface area (Å²) in [7, 11) is 0. The average molecular weight is 575 g/mol. The Morgan fingerprint density at radius 1 is 0.690 bits per heavy atom. The predicted molar refractivity (Wildman–Crippen MR) is 163 cm³/mol. The molecular formula is C34H23ClN2O5. The van der Waals surface area contributed by atoms with Crippen LogP contribution in [0.4, 0.5) is 0 Å². The van der Waals surface area contributed by atoms with Gasteiger partial charge in [0.15, 0.2) is 0 Å². The number of fused-ring (bicyclic) bond motifs is 1. The second-order valence-corrected chi connectivity index (χ2v) is 9.39. The Hall–Kier alpha value is -5.53. The number of hydrogen-bond donors (Lipinski definition) is 1. The van der Waals surface area contributed by atoms with E-state index in [0.717, 1.165) is 10.8 Å². The minimum Gasteiger partial charge on any atom is -0.423 e. The minimum atomic E-state index is -0.658. The summed E-state index contributed by atoms with van der Waals surface area (Å²) in [4.78, 5) is 38.0. The van der Waals surface area contributed by atoms with Crippen molar-refractivity contribution < 1.29 is 23.9 Å². The molecule has 7 nitrogen and oxygen atoms in total. The van der Waals surface area contributed by atoms with Crippen molar-refractivity contribution in [1.82, 2.24) is 5.43 Å². The van der Waals surface area contributed by atoms with Crippen LogP contribution in [0.2, 0.25) is 5.02 Å². The maximum atomic E-state index is 12.8. The third-order valence-corrected chi connectivity index (χ3v) is 6.39. The van der Waals surface area contributed by atoms with Gasteiger partial charge >= 0.3 is 11.9 Å². The van der Waals surface area contributed by atoms with Crippen molar-refractivity contribution in [3.63, 3.8) is 0 Å². The molecule has 5 rings (SSSR count). The number of carbonyl (C=O) groups is 3. The lowest BCUT2D eigenvalue weighted by Gasteiger charge is -2.08. The van der Waals surface area contributed by atoms with Gasteiger partial charge in [-0.3, -0.25) is 4.79 Å². The molecule has 0 aliphatic rings. The Balaban J connectivity index is 1.24. The van der Waals surface area contributed by atoms with E-state index in [4.69, 9.17) is 21.1 Å². The fraction of sp³-hybridized carbons (Fsp3) is 0. The van der Waals surface area contributed by atoms with Gasteiger partial charge < -0.3 is 9.47 Å². The number of ether oxygens (including phenoxy) is 2. The summed E-state index contributed by atoms with van der Waals surface area (Å²) in [6.45, 7) is 0. The number of nitrogens with zero attached hydrogens (tertiary/aromatic N) is 1. The third kappa shape index (κ3) is 6.96. The van der Waals surface area contributed by atoms with E-state index in [2.05, 4.69) is 10.5 Å². The van der Waals surface area contributed by atoms with Crippen LogP contribution >= 0.6 is 11.6 Å². The molecule has 0 unspecified atom stereocenters. The Morgan fingerprint density at radius 2 is 1.33 bits per heavy atom. The first-order chi connectivity index (χ1) is 20.5. The molecule has 0 aliphatic heterocycles. The van der Waals surface area contributed by atoms with Gasteiger partial charge in [-0.05, 0) is 65.4 Å². The quantitative estimate of drug-likeness (QED) is 0.0701. The number of hydrogen-bond acceptors (Lipinski definition) is 6. The molecule has 0 heterocycles. The zero-order chi connectivity index (χ0) is 29.3.